The van der Waals surface area contributed by atoms with Crippen LogP contribution in [0.15, 0.2) is 18.2 Å². The number of amides is 1. The van der Waals surface area contributed by atoms with Crippen LogP contribution in [0.25, 0.3) is 0 Å². The van der Waals surface area contributed by atoms with Gasteiger partial charge in [0.1, 0.15) is 0 Å². The third kappa shape index (κ3) is 3.22. The van der Waals surface area contributed by atoms with Gasteiger partial charge < -0.3 is 5.32 Å². The van der Waals surface area contributed by atoms with Gasteiger partial charge in [0.05, 0.1) is 0 Å². The third-order valence-electron chi connectivity index (χ3n) is 3.21. The molecule has 1 aliphatic rings. The van der Waals surface area contributed by atoms with E-state index in [4.69, 9.17) is 0 Å². The Morgan fingerprint density at radius 2 is 2.33 bits per heavy atom. The summed E-state index contributed by atoms with van der Waals surface area (Å²) in [5.41, 5.74) is 1.04. The molecule has 98 valence electrons. The first-order chi connectivity index (χ1) is 8.45. The van der Waals surface area contributed by atoms with Crippen LogP contribution >= 0.6 is 0 Å². The van der Waals surface area contributed by atoms with Gasteiger partial charge in [-0.05, 0) is 18.8 Å². The molecule has 2 rings (SSSR count). The van der Waals surface area contributed by atoms with Crippen LogP contribution < -0.4 is 5.32 Å². The van der Waals surface area contributed by atoms with Crippen molar-refractivity contribution in [3.8, 4) is 0 Å². The number of carbonyl (C=O) groups is 1. The molecule has 1 heterocycles. The maximum Gasteiger partial charge on any atom is 0.226 e. The topological polar surface area (TPSA) is 57.8 Å². The predicted octanol–water partition coefficient (Wildman–Crippen LogP) is 3.00. The van der Waals surface area contributed by atoms with Crippen molar-refractivity contribution >= 4 is 11.7 Å². The monoisotopic (exact) mass is 247 g/mol. The summed E-state index contributed by atoms with van der Waals surface area (Å²) in [4.78, 5) is 11.8. The minimum Gasteiger partial charge on any atom is -0.309 e. The lowest BCUT2D eigenvalue weighted by molar-refractivity contribution is -0.116. The quantitative estimate of drug-likeness (QED) is 0.807. The van der Waals surface area contributed by atoms with Gasteiger partial charge in [0.15, 0.2) is 5.82 Å². The Kier molecular flexibility index (Phi) is 3.55. The summed E-state index contributed by atoms with van der Waals surface area (Å²) < 4.78 is 0. The van der Waals surface area contributed by atoms with E-state index in [0.717, 1.165) is 18.5 Å². The first-order valence-corrected chi connectivity index (χ1v) is 6.47. The number of rotatable bonds is 3. The SMILES string of the molecule is CC(C)(C)c1cc(NC(=O)CC2C=CCC2)n[nH]1. The number of hydrogen-bond acceptors (Lipinski definition) is 2. The van der Waals surface area contributed by atoms with Crippen molar-refractivity contribution in [3.63, 3.8) is 0 Å². The second-order valence-electron chi connectivity index (χ2n) is 5.93. The number of nitrogens with one attached hydrogen (secondary N) is 2. The van der Waals surface area contributed by atoms with Gasteiger partial charge >= 0.3 is 0 Å². The number of aromatic amines is 1. The van der Waals surface area contributed by atoms with Gasteiger partial charge in [-0.1, -0.05) is 32.9 Å². The van der Waals surface area contributed by atoms with Crippen LogP contribution in [0, 0.1) is 5.92 Å². The molecule has 1 amide bonds. The number of carbonyl (C=O) groups excluding carboxylic acids is 1. The van der Waals surface area contributed by atoms with Gasteiger partial charge in [0.2, 0.25) is 5.91 Å². The lowest BCUT2D eigenvalue weighted by Gasteiger charge is -2.14. The van der Waals surface area contributed by atoms with Gasteiger partial charge in [-0.2, -0.15) is 5.10 Å². The number of aromatic nitrogens is 2. The highest BCUT2D eigenvalue weighted by Gasteiger charge is 2.18. The van der Waals surface area contributed by atoms with Gasteiger partial charge in [0.25, 0.3) is 0 Å². The molecule has 0 radical (unpaired) electrons. The smallest absolute Gasteiger partial charge is 0.226 e. The normalized spacial score (nSPS) is 19.2. The molecule has 4 heteroatoms. The number of anilines is 1. The van der Waals surface area contributed by atoms with E-state index in [9.17, 15) is 4.79 Å². The minimum absolute atomic E-state index is 0.0180. The van der Waals surface area contributed by atoms with Crippen molar-refractivity contribution in [3.05, 3.63) is 23.9 Å². The fraction of sp³-hybridized carbons (Fsp3) is 0.571. The molecule has 0 fully saturated rings. The van der Waals surface area contributed by atoms with Crippen LogP contribution in [-0.2, 0) is 10.2 Å². The largest absolute Gasteiger partial charge is 0.309 e. The first-order valence-electron chi connectivity index (χ1n) is 6.47. The van der Waals surface area contributed by atoms with Crippen molar-refractivity contribution < 1.29 is 4.79 Å². The van der Waals surface area contributed by atoms with Crippen molar-refractivity contribution in [2.75, 3.05) is 5.32 Å². The zero-order valence-corrected chi connectivity index (χ0v) is 11.3. The average molecular weight is 247 g/mol. The highest BCUT2D eigenvalue weighted by molar-refractivity contribution is 5.90. The molecule has 1 aliphatic carbocycles. The molecular weight excluding hydrogens is 226 g/mol. The summed E-state index contributed by atoms with van der Waals surface area (Å²) in [6.07, 6.45) is 7.00. The lowest BCUT2D eigenvalue weighted by Crippen LogP contribution is -2.15. The number of allylic oxidation sites excluding steroid dienone is 2. The lowest BCUT2D eigenvalue weighted by atomic mass is 9.92. The summed E-state index contributed by atoms with van der Waals surface area (Å²) in [7, 11) is 0. The fourth-order valence-corrected chi connectivity index (χ4v) is 2.07. The Labute approximate surface area is 108 Å². The maximum atomic E-state index is 11.8. The molecule has 0 aromatic carbocycles. The van der Waals surface area contributed by atoms with Crippen molar-refractivity contribution in [2.24, 2.45) is 5.92 Å². The van der Waals surface area contributed by atoms with Crippen molar-refractivity contribution in [1.29, 1.82) is 0 Å². The standard InChI is InChI=1S/C14H21N3O/c1-14(2,3)11-9-12(17-16-11)15-13(18)8-10-6-4-5-7-10/h4,6,9-10H,5,7-8H2,1-3H3,(H2,15,16,17,18). The van der Waals surface area contributed by atoms with Crippen LogP contribution in [0.1, 0.15) is 45.7 Å². The first kappa shape index (κ1) is 12.9. The summed E-state index contributed by atoms with van der Waals surface area (Å²) in [5.74, 6) is 1.05. The molecule has 18 heavy (non-hydrogen) atoms. The summed E-state index contributed by atoms with van der Waals surface area (Å²) >= 11 is 0. The zero-order chi connectivity index (χ0) is 13.2. The molecule has 1 atom stereocenters. The second kappa shape index (κ2) is 4.96. The Hall–Kier alpha value is -1.58. The maximum absolute atomic E-state index is 11.8. The fourth-order valence-electron chi connectivity index (χ4n) is 2.07. The molecular formula is C14H21N3O. The molecule has 2 N–H and O–H groups in total. The van der Waals surface area contributed by atoms with Gasteiger partial charge in [-0.15, -0.1) is 0 Å². The Morgan fingerprint density at radius 3 is 2.89 bits per heavy atom. The average Bonchev–Trinajstić information content (AvgIpc) is 2.87. The van der Waals surface area contributed by atoms with E-state index in [2.05, 4.69) is 48.4 Å². The Bertz CT molecular complexity index is 454. The molecule has 1 aromatic rings. The highest BCUT2D eigenvalue weighted by atomic mass is 16.1. The van der Waals surface area contributed by atoms with E-state index < -0.39 is 0 Å². The highest BCUT2D eigenvalue weighted by Crippen LogP contribution is 2.23. The van der Waals surface area contributed by atoms with Crippen LogP contribution in [-0.4, -0.2) is 16.1 Å². The number of H-pyrrole nitrogens is 1. The Balaban J connectivity index is 1.91. The van der Waals surface area contributed by atoms with Crippen LogP contribution in [0.3, 0.4) is 0 Å². The number of nitrogens with zero attached hydrogens (tertiary/aromatic N) is 1. The van der Waals surface area contributed by atoms with Gasteiger partial charge in [0, 0.05) is 23.6 Å². The molecule has 0 saturated heterocycles. The molecule has 0 spiro atoms. The van der Waals surface area contributed by atoms with Gasteiger partial charge in [-0.25, -0.2) is 0 Å². The number of hydrogen-bond donors (Lipinski definition) is 2. The molecule has 4 nitrogen and oxygen atoms in total. The van der Waals surface area contributed by atoms with E-state index in [-0.39, 0.29) is 11.3 Å². The molecule has 0 aliphatic heterocycles. The van der Waals surface area contributed by atoms with Crippen molar-refractivity contribution in [2.45, 2.75) is 45.4 Å². The van der Waals surface area contributed by atoms with Crippen molar-refractivity contribution in [1.82, 2.24) is 10.2 Å². The molecule has 1 unspecified atom stereocenters. The van der Waals surface area contributed by atoms with E-state index in [1.807, 2.05) is 6.07 Å². The van der Waals surface area contributed by atoms with E-state index in [0.29, 0.717) is 18.2 Å². The van der Waals surface area contributed by atoms with E-state index in [1.54, 1.807) is 0 Å². The van der Waals surface area contributed by atoms with E-state index >= 15 is 0 Å². The Morgan fingerprint density at radius 1 is 1.56 bits per heavy atom. The molecule has 0 saturated carbocycles. The summed E-state index contributed by atoms with van der Waals surface area (Å²) in [6, 6.07) is 1.91. The van der Waals surface area contributed by atoms with Crippen LogP contribution in [0.5, 0.6) is 0 Å². The van der Waals surface area contributed by atoms with Gasteiger partial charge in [-0.3, -0.25) is 9.89 Å². The third-order valence-corrected chi connectivity index (χ3v) is 3.21. The second-order valence-corrected chi connectivity index (χ2v) is 5.93. The minimum atomic E-state index is 0.0180. The summed E-state index contributed by atoms with van der Waals surface area (Å²) in [5, 5.41) is 9.93. The van der Waals surface area contributed by atoms with Crippen LogP contribution in [0.2, 0.25) is 0 Å². The van der Waals surface area contributed by atoms with Crippen LogP contribution in [0.4, 0.5) is 5.82 Å². The van der Waals surface area contributed by atoms with E-state index in [1.165, 1.54) is 0 Å². The molecule has 0 bridgehead atoms. The predicted molar refractivity (Wildman–Crippen MR) is 72.4 cm³/mol. The molecule has 1 aromatic heterocycles. The summed E-state index contributed by atoms with van der Waals surface area (Å²) in [6.45, 7) is 6.32. The zero-order valence-electron chi connectivity index (χ0n) is 11.3.